The van der Waals surface area contributed by atoms with Gasteiger partial charge >= 0.3 is 0 Å². The zero-order valence-electron chi connectivity index (χ0n) is 18.9. The summed E-state index contributed by atoms with van der Waals surface area (Å²) in [6, 6.07) is 16.6. The molecular formula is C27H23ClN6. The number of rotatable bonds is 4. The van der Waals surface area contributed by atoms with Gasteiger partial charge in [-0.25, -0.2) is 9.97 Å². The number of anilines is 2. The van der Waals surface area contributed by atoms with Crippen molar-refractivity contribution in [2.24, 2.45) is 0 Å². The maximum absolute atomic E-state index is 8.38. The number of aryl methyl sites for hydroxylation is 1. The van der Waals surface area contributed by atoms with Crippen LogP contribution in [0, 0.1) is 24.2 Å². The van der Waals surface area contributed by atoms with Crippen molar-refractivity contribution in [2.75, 3.05) is 11.1 Å². The monoisotopic (exact) mass is 466 g/mol. The topological polar surface area (TPSA) is 92.1 Å². The molecule has 4 N–H and O–H groups in total. The molecule has 2 aromatic carbocycles. The minimum absolute atomic E-state index is 0.0937. The standard InChI is InChI=1S/C27H23ClN6/c1-3-4-11-20(29)23-26(30)32-15-33-27(23)31-14-18-13-17-9-7-8-16(2)22(17)25-24(28)19-10-5-6-12-21(19)34(18)25/h5-10,12-13,15,29H,3,14H2,1-2H3,(H3,30,31,32,33). The SMILES string of the molecule is CCC#CC(=N)c1c(N)ncnc1NCc1cc2cccc(C)c2c2c(Cl)c3ccccc3n12. The van der Waals surface area contributed by atoms with Crippen molar-refractivity contribution in [2.45, 2.75) is 26.8 Å². The lowest BCUT2D eigenvalue weighted by atomic mass is 10.0. The first-order valence-corrected chi connectivity index (χ1v) is 11.4. The first-order valence-electron chi connectivity index (χ1n) is 11.0. The molecule has 0 saturated heterocycles. The average molecular weight is 467 g/mol. The van der Waals surface area contributed by atoms with Crippen molar-refractivity contribution >= 4 is 56.1 Å². The fourth-order valence-corrected chi connectivity index (χ4v) is 4.76. The molecule has 0 fully saturated rings. The molecule has 0 atom stereocenters. The lowest BCUT2D eigenvalue weighted by Gasteiger charge is -2.15. The van der Waals surface area contributed by atoms with Crippen LogP contribution < -0.4 is 11.1 Å². The van der Waals surface area contributed by atoms with E-state index in [1.807, 2.05) is 25.1 Å². The molecule has 34 heavy (non-hydrogen) atoms. The van der Waals surface area contributed by atoms with Gasteiger partial charge in [-0.3, -0.25) is 5.41 Å². The minimum Gasteiger partial charge on any atom is -0.383 e. The molecule has 0 aliphatic heterocycles. The maximum atomic E-state index is 8.38. The van der Waals surface area contributed by atoms with Gasteiger partial charge in [0.15, 0.2) is 0 Å². The van der Waals surface area contributed by atoms with Gasteiger partial charge in [0.05, 0.1) is 28.2 Å². The summed E-state index contributed by atoms with van der Waals surface area (Å²) in [5, 5.41) is 15.7. The van der Waals surface area contributed by atoms with E-state index >= 15 is 0 Å². The van der Waals surface area contributed by atoms with Crippen LogP contribution in [0.15, 0.2) is 54.9 Å². The summed E-state index contributed by atoms with van der Waals surface area (Å²) in [6.07, 6.45) is 2.04. The Morgan fingerprint density at radius 1 is 1.18 bits per heavy atom. The molecule has 5 rings (SSSR count). The number of pyridine rings is 1. The third kappa shape index (κ3) is 3.51. The first kappa shape index (κ1) is 21.7. The quantitative estimate of drug-likeness (QED) is 0.224. The van der Waals surface area contributed by atoms with Gasteiger partial charge in [-0.05, 0) is 35.9 Å². The molecular weight excluding hydrogens is 444 g/mol. The summed E-state index contributed by atoms with van der Waals surface area (Å²) in [4.78, 5) is 8.43. The number of nitrogens with one attached hydrogen (secondary N) is 2. The normalized spacial score (nSPS) is 11.0. The molecule has 0 aliphatic carbocycles. The van der Waals surface area contributed by atoms with Crippen molar-refractivity contribution in [1.82, 2.24) is 14.4 Å². The number of aromatic nitrogens is 3. The molecule has 0 unspecified atom stereocenters. The number of hydrogen-bond donors (Lipinski definition) is 3. The van der Waals surface area contributed by atoms with Crippen molar-refractivity contribution in [3.05, 3.63) is 76.7 Å². The highest BCUT2D eigenvalue weighted by molar-refractivity contribution is 6.41. The van der Waals surface area contributed by atoms with Gasteiger partial charge in [-0.1, -0.05) is 60.8 Å². The highest BCUT2D eigenvalue weighted by Gasteiger charge is 2.18. The molecule has 0 spiro atoms. The Balaban J connectivity index is 1.69. The Morgan fingerprint density at radius 3 is 2.82 bits per heavy atom. The molecule has 0 radical (unpaired) electrons. The number of halogens is 1. The van der Waals surface area contributed by atoms with Crippen molar-refractivity contribution in [3.63, 3.8) is 0 Å². The number of nitrogen functional groups attached to an aromatic ring is 1. The zero-order valence-corrected chi connectivity index (χ0v) is 19.7. The van der Waals surface area contributed by atoms with Crippen LogP contribution >= 0.6 is 11.6 Å². The van der Waals surface area contributed by atoms with E-state index in [2.05, 4.69) is 68.8 Å². The zero-order chi connectivity index (χ0) is 23.8. The van der Waals surface area contributed by atoms with Crippen LogP contribution in [0.2, 0.25) is 5.02 Å². The summed E-state index contributed by atoms with van der Waals surface area (Å²) >= 11 is 6.94. The van der Waals surface area contributed by atoms with Crippen LogP contribution in [0.5, 0.6) is 0 Å². The summed E-state index contributed by atoms with van der Waals surface area (Å²) in [5.41, 5.74) is 10.8. The molecule has 0 aliphatic rings. The van der Waals surface area contributed by atoms with Gasteiger partial charge in [0.2, 0.25) is 0 Å². The van der Waals surface area contributed by atoms with E-state index in [1.165, 1.54) is 11.9 Å². The predicted octanol–water partition coefficient (Wildman–Crippen LogP) is 5.97. The number of nitrogens with two attached hydrogens (primary N) is 1. The molecule has 0 amide bonds. The highest BCUT2D eigenvalue weighted by atomic mass is 35.5. The van der Waals surface area contributed by atoms with Crippen molar-refractivity contribution < 1.29 is 0 Å². The minimum atomic E-state index is 0.0937. The largest absolute Gasteiger partial charge is 0.383 e. The number of nitrogens with zero attached hydrogens (tertiary/aromatic N) is 3. The van der Waals surface area contributed by atoms with E-state index in [0.717, 1.165) is 37.9 Å². The van der Waals surface area contributed by atoms with Crippen molar-refractivity contribution in [3.8, 4) is 11.8 Å². The molecule has 6 nitrogen and oxygen atoms in total. The molecule has 5 aromatic rings. The molecule has 3 aromatic heterocycles. The van der Waals surface area contributed by atoms with Crippen LogP contribution in [-0.2, 0) is 6.54 Å². The first-order chi connectivity index (χ1) is 16.5. The van der Waals surface area contributed by atoms with E-state index in [-0.39, 0.29) is 11.5 Å². The Kier molecular flexibility index (Phi) is 5.56. The summed E-state index contributed by atoms with van der Waals surface area (Å²) in [6.45, 7) is 4.48. The third-order valence-corrected chi connectivity index (χ3v) is 6.30. The highest BCUT2D eigenvalue weighted by Crippen LogP contribution is 2.38. The van der Waals surface area contributed by atoms with Gasteiger partial charge in [0.1, 0.15) is 23.7 Å². The van der Waals surface area contributed by atoms with Gasteiger partial charge in [0.25, 0.3) is 0 Å². The fourth-order valence-electron chi connectivity index (χ4n) is 4.42. The van der Waals surface area contributed by atoms with Crippen LogP contribution in [-0.4, -0.2) is 20.1 Å². The fraction of sp³-hybridized carbons (Fsp3) is 0.148. The predicted molar refractivity (Wildman–Crippen MR) is 141 cm³/mol. The van der Waals surface area contributed by atoms with E-state index < -0.39 is 0 Å². The van der Waals surface area contributed by atoms with Crippen LogP contribution in [0.4, 0.5) is 11.6 Å². The molecule has 0 bridgehead atoms. The maximum Gasteiger partial charge on any atom is 0.142 e. The Bertz CT molecular complexity index is 1650. The average Bonchev–Trinajstić information content (AvgIpc) is 3.14. The number of para-hydroxylation sites is 1. The summed E-state index contributed by atoms with van der Waals surface area (Å²) < 4.78 is 2.20. The van der Waals surface area contributed by atoms with Gasteiger partial charge < -0.3 is 15.5 Å². The van der Waals surface area contributed by atoms with E-state index in [1.54, 1.807) is 0 Å². The van der Waals surface area contributed by atoms with E-state index in [9.17, 15) is 0 Å². The van der Waals surface area contributed by atoms with Crippen LogP contribution in [0.1, 0.15) is 30.2 Å². The van der Waals surface area contributed by atoms with Gasteiger partial charge in [-0.2, -0.15) is 0 Å². The Labute approximate surface area is 202 Å². The second-order valence-electron chi connectivity index (χ2n) is 8.06. The van der Waals surface area contributed by atoms with E-state index in [4.69, 9.17) is 22.7 Å². The molecule has 168 valence electrons. The second kappa shape index (κ2) is 8.69. The van der Waals surface area contributed by atoms with Gasteiger partial charge in [-0.15, -0.1) is 0 Å². The number of benzene rings is 2. The molecule has 0 saturated carbocycles. The van der Waals surface area contributed by atoms with Crippen LogP contribution in [0.3, 0.4) is 0 Å². The van der Waals surface area contributed by atoms with Gasteiger partial charge in [0, 0.05) is 22.9 Å². The van der Waals surface area contributed by atoms with Crippen LogP contribution in [0.25, 0.3) is 27.2 Å². The Morgan fingerprint density at radius 2 is 2.00 bits per heavy atom. The molecule has 7 heteroatoms. The van der Waals surface area contributed by atoms with E-state index in [0.29, 0.717) is 24.3 Å². The van der Waals surface area contributed by atoms with Crippen molar-refractivity contribution in [1.29, 1.82) is 5.41 Å². The lowest BCUT2D eigenvalue weighted by molar-refractivity contribution is 1.00. The number of fused-ring (bicyclic) bond motifs is 5. The third-order valence-electron chi connectivity index (χ3n) is 5.92. The second-order valence-corrected chi connectivity index (χ2v) is 8.43. The summed E-state index contributed by atoms with van der Waals surface area (Å²) in [5.74, 6) is 6.44. The lowest BCUT2D eigenvalue weighted by Crippen LogP contribution is -2.13. The smallest absolute Gasteiger partial charge is 0.142 e. The Hall–Kier alpha value is -4.08. The summed E-state index contributed by atoms with van der Waals surface area (Å²) in [7, 11) is 0. The number of hydrogen-bond acceptors (Lipinski definition) is 5. The molecule has 3 heterocycles.